The lowest BCUT2D eigenvalue weighted by molar-refractivity contribution is -0.117. The predicted octanol–water partition coefficient (Wildman–Crippen LogP) is 3.57. The van der Waals surface area contributed by atoms with Crippen LogP contribution in [0.4, 0.5) is 10.5 Å². The van der Waals surface area contributed by atoms with Crippen LogP contribution in [0.1, 0.15) is 43.5 Å². The minimum absolute atomic E-state index is 0.000394. The monoisotopic (exact) mass is 695 g/mol. The molecule has 0 saturated carbocycles. The molecule has 3 heterocycles. The summed E-state index contributed by atoms with van der Waals surface area (Å²) in [5.41, 5.74) is 2.44. The second-order valence-corrected chi connectivity index (χ2v) is 13.8. The predicted molar refractivity (Wildman–Crippen MR) is 179 cm³/mol. The highest BCUT2D eigenvalue weighted by Gasteiger charge is 2.30. The first-order chi connectivity index (χ1) is 23.1. The summed E-state index contributed by atoms with van der Waals surface area (Å²) < 4.78 is 32.9. The van der Waals surface area contributed by atoms with E-state index < -0.39 is 33.6 Å². The third-order valence-corrected chi connectivity index (χ3v) is 10.0. The van der Waals surface area contributed by atoms with Gasteiger partial charge in [0.05, 0.1) is 35.8 Å². The van der Waals surface area contributed by atoms with Crippen molar-refractivity contribution >= 4 is 45.4 Å². The Morgan fingerprint density at radius 2 is 1.98 bits per heavy atom. The van der Waals surface area contributed by atoms with E-state index in [2.05, 4.69) is 41.1 Å². The van der Waals surface area contributed by atoms with Crippen LogP contribution in [0.3, 0.4) is 0 Å². The first-order valence-corrected chi connectivity index (χ1v) is 17.1. The highest BCUT2D eigenvalue weighted by atomic mass is 35.5. The molecular weight excluding hydrogens is 662 g/mol. The van der Waals surface area contributed by atoms with Crippen LogP contribution >= 0.6 is 11.6 Å². The zero-order chi connectivity index (χ0) is 34.3. The van der Waals surface area contributed by atoms with Gasteiger partial charge in [-0.2, -0.15) is 9.78 Å². The number of nitrogens with zero attached hydrogens (tertiary/aromatic N) is 6. The lowest BCUT2D eigenvalue weighted by Gasteiger charge is -2.33. The van der Waals surface area contributed by atoms with Crippen LogP contribution in [0.2, 0.25) is 5.02 Å². The Morgan fingerprint density at radius 3 is 2.69 bits per heavy atom. The second kappa shape index (κ2) is 15.3. The summed E-state index contributed by atoms with van der Waals surface area (Å²) in [6, 6.07) is 12.6. The van der Waals surface area contributed by atoms with Crippen molar-refractivity contribution in [1.29, 1.82) is 0 Å². The van der Waals surface area contributed by atoms with E-state index in [1.807, 2.05) is 0 Å². The Bertz CT molecular complexity index is 1950. The van der Waals surface area contributed by atoms with Gasteiger partial charge in [0.25, 0.3) is 5.56 Å². The summed E-state index contributed by atoms with van der Waals surface area (Å²) in [7, 11) is -2.14. The summed E-state index contributed by atoms with van der Waals surface area (Å²) in [6.07, 6.45) is 5.52. The number of amides is 2. The van der Waals surface area contributed by atoms with Crippen molar-refractivity contribution in [1.82, 2.24) is 40.0 Å². The molecule has 0 radical (unpaired) electrons. The third-order valence-electron chi connectivity index (χ3n) is 7.93. The van der Waals surface area contributed by atoms with Crippen molar-refractivity contribution in [3.63, 3.8) is 0 Å². The molecule has 1 aliphatic heterocycles. The Kier molecular flexibility index (Phi) is 11.0. The molecule has 0 bridgehead atoms. The zero-order valence-electron chi connectivity index (χ0n) is 26.2. The molecule has 2 amide bonds. The summed E-state index contributed by atoms with van der Waals surface area (Å²) in [6.45, 7) is 2.36. The minimum Gasteiger partial charge on any atom is -0.453 e. The number of benzene rings is 2. The first-order valence-electron chi connectivity index (χ1n) is 15.1. The van der Waals surface area contributed by atoms with Gasteiger partial charge >= 0.3 is 6.09 Å². The molecule has 0 aliphatic carbocycles. The largest absolute Gasteiger partial charge is 0.453 e. The summed E-state index contributed by atoms with van der Waals surface area (Å²) in [5, 5.41) is 24.1. The molecule has 2 aromatic heterocycles. The highest BCUT2D eigenvalue weighted by Crippen LogP contribution is 2.30. The number of methoxy groups -OCH3 is 1. The van der Waals surface area contributed by atoms with Gasteiger partial charge in [-0.25, -0.2) is 22.6 Å². The lowest BCUT2D eigenvalue weighted by Crippen LogP contribution is -2.42. The van der Waals surface area contributed by atoms with Crippen LogP contribution in [0, 0.1) is 5.92 Å². The van der Waals surface area contributed by atoms with Crippen LogP contribution in [-0.4, -0.2) is 81.1 Å². The number of rotatable bonds is 11. The molecule has 0 spiro atoms. The Balaban J connectivity index is 1.44. The van der Waals surface area contributed by atoms with Gasteiger partial charge < -0.3 is 10.1 Å². The SMILES string of the molecule is CCS(=O)(=O)N1CCC[C@@H](CC(NC(=O)C=Cc2cc(Cl)ccc2-n2cnnn2)c2cc(-c3ccc(NC(=O)OC)cc3)c(=O)[nH]n2)C1. The van der Waals surface area contributed by atoms with E-state index in [9.17, 15) is 22.8 Å². The van der Waals surface area contributed by atoms with Gasteiger partial charge in [-0.05, 0) is 90.6 Å². The van der Waals surface area contributed by atoms with Crippen molar-refractivity contribution in [2.45, 2.75) is 32.2 Å². The number of ether oxygens (including phenoxy) is 1. The first kappa shape index (κ1) is 34.4. The van der Waals surface area contributed by atoms with Crippen LogP contribution in [0.15, 0.2) is 65.7 Å². The van der Waals surface area contributed by atoms with Gasteiger partial charge in [0.2, 0.25) is 15.9 Å². The number of hydrogen-bond acceptors (Lipinski definition) is 10. The van der Waals surface area contributed by atoms with Crippen LogP contribution in [-0.2, 0) is 19.6 Å². The molecule has 15 nitrogen and oxygen atoms in total. The molecule has 1 unspecified atom stereocenters. The molecular formula is C31H34ClN9O6S. The molecule has 5 rings (SSSR count). The maximum Gasteiger partial charge on any atom is 0.411 e. The van der Waals surface area contributed by atoms with Crippen LogP contribution < -0.4 is 16.2 Å². The average molecular weight is 696 g/mol. The number of halogens is 1. The topological polar surface area (TPSA) is 194 Å². The molecule has 1 aliphatic rings. The number of nitrogens with one attached hydrogen (secondary N) is 3. The number of sulfonamides is 1. The smallest absolute Gasteiger partial charge is 0.411 e. The number of H-pyrrole nitrogens is 1. The fourth-order valence-electron chi connectivity index (χ4n) is 5.48. The third kappa shape index (κ3) is 8.50. The minimum atomic E-state index is -3.39. The molecule has 1 fully saturated rings. The van der Waals surface area contributed by atoms with E-state index in [1.54, 1.807) is 61.5 Å². The number of aromatic nitrogens is 6. The van der Waals surface area contributed by atoms with E-state index in [4.69, 9.17) is 11.6 Å². The summed E-state index contributed by atoms with van der Waals surface area (Å²) in [4.78, 5) is 37.9. The molecule has 2 aromatic carbocycles. The van der Waals surface area contributed by atoms with Crippen molar-refractivity contribution in [2.75, 3.05) is 31.3 Å². The number of hydrogen-bond donors (Lipinski definition) is 3. The van der Waals surface area contributed by atoms with Crippen LogP contribution in [0.25, 0.3) is 22.9 Å². The Hall–Kier alpha value is -4.93. The summed E-state index contributed by atoms with van der Waals surface area (Å²) >= 11 is 6.23. The van der Waals surface area contributed by atoms with Crippen molar-refractivity contribution < 1.29 is 22.7 Å². The fraction of sp³-hybridized carbons (Fsp3) is 0.323. The fourth-order valence-corrected chi connectivity index (χ4v) is 6.87. The van der Waals surface area contributed by atoms with Gasteiger partial charge in [-0.1, -0.05) is 23.7 Å². The quantitative estimate of drug-likeness (QED) is 0.195. The lowest BCUT2D eigenvalue weighted by atomic mass is 9.90. The molecule has 2 atom stereocenters. The van der Waals surface area contributed by atoms with Gasteiger partial charge in [0.15, 0.2) is 0 Å². The number of anilines is 1. The summed E-state index contributed by atoms with van der Waals surface area (Å²) in [5.74, 6) is -0.543. The maximum atomic E-state index is 13.4. The maximum absolute atomic E-state index is 13.4. The van der Waals surface area contributed by atoms with Gasteiger partial charge in [0.1, 0.15) is 6.33 Å². The zero-order valence-corrected chi connectivity index (χ0v) is 27.7. The van der Waals surface area contributed by atoms with E-state index in [-0.39, 0.29) is 11.7 Å². The number of aromatic amines is 1. The standard InChI is InChI=1S/C31H34ClN9O6S/c1-3-48(45,46)40-14-4-5-20(18-40)15-26(35-29(42)13-8-22-16-23(32)9-12-28(22)41-19-33-38-39-41)27-17-25(30(43)37-36-27)21-6-10-24(11-7-21)34-31(44)47-2/h6-13,16-17,19-20,26H,3-5,14-15,18H2,1-2H3,(H,34,44)(H,35,42)(H,37,43)/t20-,26?/m0/s1. The highest BCUT2D eigenvalue weighted by molar-refractivity contribution is 7.89. The van der Waals surface area contributed by atoms with Gasteiger partial charge in [0, 0.05) is 35.4 Å². The average Bonchev–Trinajstić information content (AvgIpc) is 3.63. The van der Waals surface area contributed by atoms with Crippen molar-refractivity contribution in [2.24, 2.45) is 5.92 Å². The molecule has 17 heteroatoms. The van der Waals surface area contributed by atoms with E-state index in [1.165, 1.54) is 28.5 Å². The van der Waals surface area contributed by atoms with Crippen LogP contribution in [0.5, 0.6) is 0 Å². The van der Waals surface area contributed by atoms with Gasteiger partial charge in [-0.15, -0.1) is 5.10 Å². The van der Waals surface area contributed by atoms with E-state index >= 15 is 0 Å². The molecule has 252 valence electrons. The van der Waals surface area contributed by atoms with Crippen molar-refractivity contribution in [3.05, 3.63) is 87.6 Å². The van der Waals surface area contributed by atoms with Crippen molar-refractivity contribution in [3.8, 4) is 16.8 Å². The molecule has 48 heavy (non-hydrogen) atoms. The Labute approximate surface area is 281 Å². The number of tetrazole rings is 1. The molecule has 1 saturated heterocycles. The molecule has 3 N–H and O–H groups in total. The number of carbonyl (C=O) groups is 2. The van der Waals surface area contributed by atoms with E-state index in [0.29, 0.717) is 64.7 Å². The second-order valence-electron chi connectivity index (χ2n) is 11.1. The number of piperidine rings is 1. The number of carbonyl (C=O) groups excluding carboxylic acids is 2. The van der Waals surface area contributed by atoms with Gasteiger partial charge in [-0.3, -0.25) is 14.9 Å². The molecule has 4 aromatic rings. The van der Waals surface area contributed by atoms with E-state index in [0.717, 1.165) is 6.42 Å². The normalized spacial score (nSPS) is 16.0. The Morgan fingerprint density at radius 1 is 1.19 bits per heavy atom.